The van der Waals surface area contributed by atoms with Gasteiger partial charge in [0, 0.05) is 12.1 Å². The monoisotopic (exact) mass is 187 g/mol. The van der Waals surface area contributed by atoms with Crippen LogP contribution in [-0.2, 0) is 6.54 Å². The summed E-state index contributed by atoms with van der Waals surface area (Å²) >= 11 is 0. The van der Waals surface area contributed by atoms with Crippen molar-refractivity contribution < 1.29 is 4.92 Å². The quantitative estimate of drug-likeness (QED) is 0.403. The summed E-state index contributed by atoms with van der Waals surface area (Å²) in [6.45, 7) is 6.63. The molecule has 0 unspecified atom stereocenters. The molecule has 0 heterocycles. The minimum atomic E-state index is -0.547. The summed E-state index contributed by atoms with van der Waals surface area (Å²) in [7, 11) is 0. The van der Waals surface area contributed by atoms with Crippen LogP contribution in [0.25, 0.3) is 4.85 Å². The molecular weight excluding hydrogens is 182 g/mol. The van der Waals surface area contributed by atoms with E-state index in [1.807, 2.05) is 6.07 Å². The smallest absolute Gasteiger partial charge is 0.270 e. The largest absolute Gasteiger partial charge is 0.312 e. The number of rotatable bonds is 2. The summed E-state index contributed by atoms with van der Waals surface area (Å²) in [6, 6.07) is 5.76. The van der Waals surface area contributed by atoms with E-state index in [2.05, 4.69) is 4.85 Å². The number of nitriles is 1. The van der Waals surface area contributed by atoms with E-state index in [1.165, 1.54) is 18.2 Å². The molecule has 1 aromatic carbocycles. The lowest BCUT2D eigenvalue weighted by atomic mass is 10.1. The van der Waals surface area contributed by atoms with Gasteiger partial charge in [-0.3, -0.25) is 10.1 Å². The predicted molar refractivity (Wildman–Crippen MR) is 48.1 cm³/mol. The maximum absolute atomic E-state index is 10.4. The van der Waals surface area contributed by atoms with Crippen molar-refractivity contribution in [3.8, 4) is 6.07 Å². The second-order valence-electron chi connectivity index (χ2n) is 2.53. The standard InChI is InChI=1S/C9H5N3O2/c1-11-6-8-4-9(12(13)14)3-2-7(8)5-10/h2-4H,6H2. The third kappa shape index (κ3) is 1.85. The topological polar surface area (TPSA) is 71.3 Å². The zero-order chi connectivity index (χ0) is 10.6. The first-order valence-electron chi connectivity index (χ1n) is 3.69. The lowest BCUT2D eigenvalue weighted by molar-refractivity contribution is -0.384. The molecular formula is C9H5N3O2. The van der Waals surface area contributed by atoms with Crippen LogP contribution in [0, 0.1) is 28.0 Å². The molecule has 1 rings (SSSR count). The molecule has 0 aliphatic heterocycles. The van der Waals surface area contributed by atoms with Gasteiger partial charge in [0.05, 0.1) is 22.1 Å². The number of nitro groups is 1. The Bertz CT molecular complexity index is 454. The number of non-ortho nitro benzene ring substituents is 1. The van der Waals surface area contributed by atoms with Crippen LogP contribution in [0.15, 0.2) is 18.2 Å². The van der Waals surface area contributed by atoms with Crippen molar-refractivity contribution in [3.05, 3.63) is 50.9 Å². The van der Waals surface area contributed by atoms with Crippen LogP contribution in [0.5, 0.6) is 0 Å². The SMILES string of the molecule is [C-]#[N+]Cc1cc([N+](=O)[O-])ccc1C#N. The highest BCUT2D eigenvalue weighted by atomic mass is 16.6. The maximum Gasteiger partial charge on any atom is 0.270 e. The number of nitrogens with zero attached hydrogens (tertiary/aromatic N) is 3. The van der Waals surface area contributed by atoms with Gasteiger partial charge in [-0.1, -0.05) is 0 Å². The van der Waals surface area contributed by atoms with E-state index in [0.717, 1.165) is 0 Å². The molecule has 5 heteroatoms. The van der Waals surface area contributed by atoms with Crippen LogP contribution < -0.4 is 0 Å². The lowest BCUT2D eigenvalue weighted by Crippen LogP contribution is -1.92. The van der Waals surface area contributed by atoms with Gasteiger partial charge in [-0.2, -0.15) is 5.26 Å². The van der Waals surface area contributed by atoms with Crippen LogP contribution in [0.3, 0.4) is 0 Å². The predicted octanol–water partition coefficient (Wildman–Crippen LogP) is 1.89. The molecule has 5 nitrogen and oxygen atoms in total. The first-order valence-corrected chi connectivity index (χ1v) is 3.69. The second-order valence-corrected chi connectivity index (χ2v) is 2.53. The van der Waals surface area contributed by atoms with Gasteiger partial charge in [0.1, 0.15) is 0 Å². The fourth-order valence-corrected chi connectivity index (χ4v) is 1.02. The first-order chi connectivity index (χ1) is 6.69. The Morgan fingerprint density at radius 3 is 2.86 bits per heavy atom. The van der Waals surface area contributed by atoms with Crippen molar-refractivity contribution in [1.29, 1.82) is 5.26 Å². The highest BCUT2D eigenvalue weighted by molar-refractivity contribution is 5.46. The van der Waals surface area contributed by atoms with Crippen LogP contribution in [0.4, 0.5) is 5.69 Å². The number of nitro benzene ring substituents is 1. The van der Waals surface area contributed by atoms with Gasteiger partial charge in [-0.05, 0) is 6.07 Å². The van der Waals surface area contributed by atoms with Gasteiger partial charge in [0.2, 0.25) is 6.54 Å². The number of hydrogen-bond acceptors (Lipinski definition) is 3. The van der Waals surface area contributed by atoms with E-state index >= 15 is 0 Å². The molecule has 0 saturated carbocycles. The van der Waals surface area contributed by atoms with Crippen molar-refractivity contribution in [3.63, 3.8) is 0 Å². The average Bonchev–Trinajstić information content (AvgIpc) is 2.18. The highest BCUT2D eigenvalue weighted by Crippen LogP contribution is 2.17. The van der Waals surface area contributed by atoms with Crippen LogP contribution >= 0.6 is 0 Å². The van der Waals surface area contributed by atoms with Crippen LogP contribution in [-0.4, -0.2) is 4.92 Å². The molecule has 0 aromatic heterocycles. The Balaban J connectivity index is 3.23. The van der Waals surface area contributed by atoms with Gasteiger partial charge in [0.25, 0.3) is 5.69 Å². The van der Waals surface area contributed by atoms with Gasteiger partial charge in [-0.15, -0.1) is 0 Å². The minimum Gasteiger partial charge on any atom is -0.312 e. The molecule has 0 spiro atoms. The zero-order valence-corrected chi connectivity index (χ0v) is 7.10. The fourth-order valence-electron chi connectivity index (χ4n) is 1.02. The van der Waals surface area contributed by atoms with E-state index in [-0.39, 0.29) is 12.2 Å². The lowest BCUT2D eigenvalue weighted by Gasteiger charge is -1.96. The summed E-state index contributed by atoms with van der Waals surface area (Å²) in [6.07, 6.45) is 0. The molecule has 0 N–H and O–H groups in total. The maximum atomic E-state index is 10.4. The third-order valence-corrected chi connectivity index (χ3v) is 1.67. The Morgan fingerprint density at radius 2 is 2.36 bits per heavy atom. The molecule has 14 heavy (non-hydrogen) atoms. The van der Waals surface area contributed by atoms with Crippen molar-refractivity contribution in [1.82, 2.24) is 0 Å². The minimum absolute atomic E-state index is 0.00935. The van der Waals surface area contributed by atoms with Gasteiger partial charge in [-0.25, -0.2) is 6.57 Å². The first kappa shape index (κ1) is 9.69. The van der Waals surface area contributed by atoms with Crippen molar-refractivity contribution in [2.24, 2.45) is 0 Å². The van der Waals surface area contributed by atoms with Crippen molar-refractivity contribution >= 4 is 5.69 Å². The third-order valence-electron chi connectivity index (χ3n) is 1.67. The van der Waals surface area contributed by atoms with Crippen LogP contribution in [0.2, 0.25) is 0 Å². The van der Waals surface area contributed by atoms with Crippen molar-refractivity contribution in [2.75, 3.05) is 0 Å². The summed E-state index contributed by atoms with van der Waals surface area (Å²) in [5, 5.41) is 19.1. The fraction of sp³-hybridized carbons (Fsp3) is 0.111. The van der Waals surface area contributed by atoms with E-state index in [4.69, 9.17) is 11.8 Å². The molecule has 0 atom stereocenters. The number of benzene rings is 1. The normalized spacial score (nSPS) is 8.71. The van der Waals surface area contributed by atoms with E-state index in [1.54, 1.807) is 0 Å². The molecule has 0 radical (unpaired) electrons. The summed E-state index contributed by atoms with van der Waals surface area (Å²) in [5.74, 6) is 0. The molecule has 1 aromatic rings. The van der Waals surface area contributed by atoms with E-state index < -0.39 is 4.92 Å². The van der Waals surface area contributed by atoms with E-state index in [0.29, 0.717) is 11.1 Å². The highest BCUT2D eigenvalue weighted by Gasteiger charge is 2.11. The average molecular weight is 187 g/mol. The summed E-state index contributed by atoms with van der Waals surface area (Å²) in [4.78, 5) is 12.9. The Hall–Kier alpha value is -2.40. The van der Waals surface area contributed by atoms with E-state index in [9.17, 15) is 10.1 Å². The Kier molecular flexibility index (Phi) is 2.78. The molecule has 0 aliphatic carbocycles. The van der Waals surface area contributed by atoms with Gasteiger partial charge < -0.3 is 4.85 Å². The molecule has 0 bridgehead atoms. The molecule has 0 fully saturated rings. The van der Waals surface area contributed by atoms with Crippen molar-refractivity contribution in [2.45, 2.75) is 6.54 Å². The van der Waals surface area contributed by atoms with Gasteiger partial charge in [0.15, 0.2) is 0 Å². The Morgan fingerprint density at radius 1 is 1.64 bits per heavy atom. The number of hydrogen-bond donors (Lipinski definition) is 0. The summed E-state index contributed by atoms with van der Waals surface area (Å²) in [5.41, 5.74) is 0.617. The summed E-state index contributed by atoms with van der Waals surface area (Å²) < 4.78 is 0. The second kappa shape index (κ2) is 4.01. The molecule has 68 valence electrons. The van der Waals surface area contributed by atoms with Crippen LogP contribution in [0.1, 0.15) is 11.1 Å². The molecule has 0 aliphatic rings. The molecule has 0 saturated heterocycles. The Labute approximate surface area is 80.2 Å². The van der Waals surface area contributed by atoms with Gasteiger partial charge >= 0.3 is 0 Å². The molecule has 0 amide bonds. The zero-order valence-electron chi connectivity index (χ0n) is 7.10.